The molecule has 1 saturated carbocycles. The highest BCUT2D eigenvalue weighted by Crippen LogP contribution is 2.56. The van der Waals surface area contributed by atoms with Crippen LogP contribution in [0.5, 0.6) is 23.0 Å². The highest BCUT2D eigenvalue weighted by molar-refractivity contribution is 6.98. The van der Waals surface area contributed by atoms with Gasteiger partial charge in [-0.25, -0.2) is 0 Å². The molecule has 7 aromatic rings. The Morgan fingerprint density at radius 2 is 1.32 bits per heavy atom. The number of anilines is 3. The van der Waals surface area contributed by atoms with Gasteiger partial charge in [0.15, 0.2) is 0 Å². The van der Waals surface area contributed by atoms with Gasteiger partial charge in [0.1, 0.15) is 23.0 Å². The molecule has 3 aliphatic carbocycles. The molecule has 12 rings (SSSR count). The van der Waals surface area contributed by atoms with E-state index in [4.69, 9.17) is 9.47 Å². The van der Waals surface area contributed by atoms with E-state index in [9.17, 15) is 0 Å². The molecule has 2 unspecified atom stereocenters. The van der Waals surface area contributed by atoms with Crippen LogP contribution < -0.4 is 30.8 Å². The molecule has 270 valence electrons. The van der Waals surface area contributed by atoms with Gasteiger partial charge in [0.05, 0.1) is 5.69 Å². The van der Waals surface area contributed by atoms with Crippen molar-refractivity contribution in [1.82, 2.24) is 0 Å². The second-order valence-electron chi connectivity index (χ2n) is 17.4. The van der Waals surface area contributed by atoms with Gasteiger partial charge in [0, 0.05) is 33.1 Å². The molecule has 0 saturated heterocycles. The molecule has 0 N–H and O–H groups in total. The maximum absolute atomic E-state index is 6.82. The van der Waals surface area contributed by atoms with Gasteiger partial charge in [0.25, 0.3) is 6.71 Å². The number of hydrogen-bond donors (Lipinski definition) is 0. The number of nitrogens with zero attached hydrogens (tertiary/aromatic N) is 1. The highest BCUT2D eigenvalue weighted by atomic mass is 16.5. The Balaban J connectivity index is 1.03. The Hall–Kier alpha value is -6.00. The van der Waals surface area contributed by atoms with Crippen LogP contribution in [-0.2, 0) is 10.8 Å². The first-order valence-electron chi connectivity index (χ1n) is 20.4. The van der Waals surface area contributed by atoms with E-state index in [1.54, 1.807) is 5.57 Å². The Morgan fingerprint density at radius 1 is 0.625 bits per heavy atom. The maximum Gasteiger partial charge on any atom is 0.260 e. The van der Waals surface area contributed by atoms with E-state index in [0.29, 0.717) is 0 Å². The summed E-state index contributed by atoms with van der Waals surface area (Å²) in [6.07, 6.45) is 7.81. The van der Waals surface area contributed by atoms with E-state index in [0.717, 1.165) is 40.1 Å². The molecule has 0 bridgehead atoms. The molecule has 0 radical (unpaired) electrons. The predicted octanol–water partition coefficient (Wildman–Crippen LogP) is 11.7. The van der Waals surface area contributed by atoms with Crippen LogP contribution in [0.2, 0.25) is 0 Å². The summed E-state index contributed by atoms with van der Waals surface area (Å²) in [5.74, 6) is 4.36. The zero-order valence-electron chi connectivity index (χ0n) is 32.1. The van der Waals surface area contributed by atoms with Crippen molar-refractivity contribution >= 4 is 50.9 Å². The van der Waals surface area contributed by atoms with E-state index in [1.165, 1.54) is 86.6 Å². The van der Waals surface area contributed by atoms with Crippen molar-refractivity contribution in [3.63, 3.8) is 0 Å². The molecule has 0 amide bonds. The molecule has 2 atom stereocenters. The maximum atomic E-state index is 6.82. The summed E-state index contributed by atoms with van der Waals surface area (Å²) in [5, 5.41) is 2.49. The first-order valence-corrected chi connectivity index (χ1v) is 20.4. The molecule has 5 aliphatic rings. The van der Waals surface area contributed by atoms with E-state index in [-0.39, 0.29) is 17.5 Å². The number of fused-ring (bicyclic) bond motifs is 10. The third-order valence-corrected chi connectivity index (χ3v) is 13.8. The first-order chi connectivity index (χ1) is 27.4. The second kappa shape index (κ2) is 11.5. The molecule has 56 heavy (non-hydrogen) atoms. The lowest BCUT2D eigenvalue weighted by atomic mass is 9.34. The van der Waals surface area contributed by atoms with Gasteiger partial charge in [-0.15, -0.1) is 0 Å². The molecule has 1 fully saturated rings. The number of para-hydroxylation sites is 2. The SMILES string of the molecule is CC1(c2ccc(N(c3ccccc3)c3cc4c(c5ccccc35)-c3cc5c(cc3C4(C)C)B3c4ccccc4Oc4cccc(c43)O5)cc2)C=C2CCCC2C1. The normalized spacial score (nSPS) is 20.2. The molecule has 3 nitrogen and oxygen atoms in total. The number of hydrogen-bond acceptors (Lipinski definition) is 3. The van der Waals surface area contributed by atoms with Gasteiger partial charge in [-0.05, 0) is 130 Å². The zero-order chi connectivity index (χ0) is 37.3. The average Bonchev–Trinajstić information content (AvgIpc) is 3.86. The van der Waals surface area contributed by atoms with E-state index in [2.05, 4.69) is 165 Å². The quantitative estimate of drug-likeness (QED) is 0.133. The lowest BCUT2D eigenvalue weighted by Gasteiger charge is -2.33. The van der Waals surface area contributed by atoms with Gasteiger partial charge < -0.3 is 14.4 Å². The molecule has 2 heterocycles. The van der Waals surface area contributed by atoms with Crippen molar-refractivity contribution in [2.75, 3.05) is 4.90 Å². The van der Waals surface area contributed by atoms with Crippen LogP contribution in [0.25, 0.3) is 21.9 Å². The van der Waals surface area contributed by atoms with Crippen LogP contribution in [0.15, 0.2) is 151 Å². The zero-order valence-corrected chi connectivity index (χ0v) is 32.1. The Kier molecular flexibility index (Phi) is 6.64. The summed E-state index contributed by atoms with van der Waals surface area (Å²) in [6, 6.07) is 51.3. The minimum Gasteiger partial charge on any atom is -0.458 e. The highest BCUT2D eigenvalue weighted by Gasteiger charge is 2.45. The fourth-order valence-electron chi connectivity index (χ4n) is 11.2. The van der Waals surface area contributed by atoms with Crippen LogP contribution in [0.4, 0.5) is 17.1 Å². The third-order valence-electron chi connectivity index (χ3n) is 13.8. The van der Waals surface area contributed by atoms with Crippen LogP contribution in [0.1, 0.15) is 63.1 Å². The Morgan fingerprint density at radius 3 is 2.12 bits per heavy atom. The van der Waals surface area contributed by atoms with Crippen LogP contribution >= 0.6 is 0 Å². The van der Waals surface area contributed by atoms with Crippen LogP contribution in [0, 0.1) is 5.92 Å². The molecule has 4 heteroatoms. The number of rotatable bonds is 4. The van der Waals surface area contributed by atoms with Crippen LogP contribution in [-0.4, -0.2) is 6.71 Å². The van der Waals surface area contributed by atoms with Crippen molar-refractivity contribution in [2.24, 2.45) is 5.92 Å². The van der Waals surface area contributed by atoms with Crippen molar-refractivity contribution in [2.45, 2.75) is 57.3 Å². The third kappa shape index (κ3) is 4.47. The molecule has 2 aliphatic heterocycles. The summed E-state index contributed by atoms with van der Waals surface area (Å²) >= 11 is 0. The topological polar surface area (TPSA) is 21.7 Å². The molecule has 7 aromatic carbocycles. The molecule has 0 spiro atoms. The molecular formula is C52H42BNO2. The largest absolute Gasteiger partial charge is 0.458 e. The molecular weight excluding hydrogens is 681 g/mol. The van der Waals surface area contributed by atoms with E-state index < -0.39 is 0 Å². The average molecular weight is 724 g/mol. The van der Waals surface area contributed by atoms with Gasteiger partial charge >= 0.3 is 0 Å². The van der Waals surface area contributed by atoms with Gasteiger partial charge in [0.2, 0.25) is 0 Å². The van der Waals surface area contributed by atoms with E-state index in [1.807, 2.05) is 6.07 Å². The summed E-state index contributed by atoms with van der Waals surface area (Å²) in [5.41, 5.74) is 15.2. The lowest BCUT2D eigenvalue weighted by Crippen LogP contribution is -2.57. The number of ether oxygens (including phenoxy) is 2. The van der Waals surface area contributed by atoms with Crippen molar-refractivity contribution in [1.29, 1.82) is 0 Å². The number of benzene rings is 7. The second-order valence-corrected chi connectivity index (χ2v) is 17.4. The molecule has 0 aromatic heterocycles. The van der Waals surface area contributed by atoms with Crippen LogP contribution in [0.3, 0.4) is 0 Å². The standard InChI is InChI=1S/C52H42BNO2/c1-51(2)40-28-43-48(56-47-22-12-21-46-50(47)53(43)42-19-9-10-20-45(42)55-46)27-39(40)49-38-18-8-7-17-37(38)44(29-41(49)51)54(35-15-5-4-6-16-35)36-25-23-34(24-26-36)52(3)30-32-13-11-14-33(32)31-52/h4-10,12,15-30,33H,11,13-14,31H2,1-3H3. The lowest BCUT2D eigenvalue weighted by molar-refractivity contribution is 0.464. The minimum absolute atomic E-state index is 0.0332. The Labute approximate surface area is 329 Å². The van der Waals surface area contributed by atoms with Crippen molar-refractivity contribution < 1.29 is 9.47 Å². The fraction of sp³-hybridized carbons (Fsp3) is 0.192. The summed E-state index contributed by atoms with van der Waals surface area (Å²) in [6.45, 7) is 7.28. The summed E-state index contributed by atoms with van der Waals surface area (Å²) in [7, 11) is 0. The summed E-state index contributed by atoms with van der Waals surface area (Å²) < 4.78 is 13.3. The first kappa shape index (κ1) is 32.3. The van der Waals surface area contributed by atoms with E-state index >= 15 is 0 Å². The fourth-order valence-corrected chi connectivity index (χ4v) is 11.2. The van der Waals surface area contributed by atoms with Gasteiger partial charge in [-0.1, -0.05) is 117 Å². The predicted molar refractivity (Wildman–Crippen MR) is 231 cm³/mol. The van der Waals surface area contributed by atoms with Crippen molar-refractivity contribution in [3.05, 3.63) is 168 Å². The Bertz CT molecular complexity index is 2820. The van der Waals surface area contributed by atoms with Gasteiger partial charge in [-0.3, -0.25) is 0 Å². The van der Waals surface area contributed by atoms with Crippen molar-refractivity contribution in [3.8, 4) is 34.1 Å². The number of allylic oxidation sites excluding steroid dienone is 2. The smallest absolute Gasteiger partial charge is 0.260 e. The minimum atomic E-state index is -0.266. The monoisotopic (exact) mass is 723 g/mol. The summed E-state index contributed by atoms with van der Waals surface area (Å²) in [4.78, 5) is 2.47. The van der Waals surface area contributed by atoms with Gasteiger partial charge in [-0.2, -0.15) is 0 Å².